The van der Waals surface area contributed by atoms with E-state index in [4.69, 9.17) is 8.94 Å². The predicted molar refractivity (Wildman–Crippen MR) is 84.6 cm³/mol. The molecular formula is C17H14N4O3. The number of carbonyl (C=O) groups excluding carboxylic acids is 1. The molecule has 0 spiro atoms. The summed E-state index contributed by atoms with van der Waals surface area (Å²) in [5, 5.41) is 3.99. The maximum atomic E-state index is 12.0. The van der Waals surface area contributed by atoms with Gasteiger partial charge in [-0.25, -0.2) is 0 Å². The average molecular weight is 322 g/mol. The van der Waals surface area contributed by atoms with Gasteiger partial charge in [0.1, 0.15) is 5.76 Å². The van der Waals surface area contributed by atoms with Gasteiger partial charge >= 0.3 is 0 Å². The molecule has 1 aliphatic rings. The lowest BCUT2D eigenvalue weighted by atomic mass is 10.00. The Balaban J connectivity index is 1.36. The lowest BCUT2D eigenvalue weighted by Crippen LogP contribution is -2.47. The summed E-state index contributed by atoms with van der Waals surface area (Å²) < 4.78 is 10.5. The number of furan rings is 1. The molecule has 3 aromatic heterocycles. The molecular weight excluding hydrogens is 308 g/mol. The van der Waals surface area contributed by atoms with E-state index < -0.39 is 0 Å². The third-order valence-corrected chi connectivity index (χ3v) is 3.86. The molecule has 0 bridgehead atoms. The van der Waals surface area contributed by atoms with Crippen molar-refractivity contribution < 1.29 is 13.7 Å². The summed E-state index contributed by atoms with van der Waals surface area (Å²) >= 11 is 0. The first-order valence-electron chi connectivity index (χ1n) is 7.54. The van der Waals surface area contributed by atoms with Crippen LogP contribution < -0.4 is 0 Å². The highest BCUT2D eigenvalue weighted by molar-refractivity contribution is 5.92. The average Bonchev–Trinajstić information content (AvgIpc) is 3.24. The van der Waals surface area contributed by atoms with Crippen molar-refractivity contribution in [3.05, 3.63) is 60.6 Å². The van der Waals surface area contributed by atoms with Crippen molar-refractivity contribution in [2.24, 2.45) is 0 Å². The standard InChI is InChI=1S/C17H14N4O3/c22-15(4-3-14-2-1-9-23-14)21-10-13(11-21)17-19-16(20-24-17)12-5-7-18-8-6-12/h1-9,13H,10-11H2/b4-3+. The largest absolute Gasteiger partial charge is 0.465 e. The van der Waals surface area contributed by atoms with Gasteiger partial charge in [0.05, 0.1) is 12.2 Å². The highest BCUT2D eigenvalue weighted by atomic mass is 16.5. The molecule has 1 saturated heterocycles. The van der Waals surface area contributed by atoms with Gasteiger partial charge in [0.15, 0.2) is 0 Å². The Morgan fingerprint density at radius 3 is 2.83 bits per heavy atom. The minimum Gasteiger partial charge on any atom is -0.465 e. The molecule has 4 heterocycles. The van der Waals surface area contributed by atoms with E-state index in [0.29, 0.717) is 30.6 Å². The molecule has 0 N–H and O–H groups in total. The summed E-state index contributed by atoms with van der Waals surface area (Å²) in [6.45, 7) is 1.14. The zero-order chi connectivity index (χ0) is 16.4. The van der Waals surface area contributed by atoms with Crippen molar-refractivity contribution in [1.82, 2.24) is 20.0 Å². The van der Waals surface area contributed by atoms with E-state index in [1.807, 2.05) is 12.1 Å². The highest BCUT2D eigenvalue weighted by Crippen LogP contribution is 2.27. The molecule has 7 heteroatoms. The van der Waals surface area contributed by atoms with Crippen LogP contribution in [0.3, 0.4) is 0 Å². The van der Waals surface area contributed by atoms with Crippen LogP contribution in [0.25, 0.3) is 17.5 Å². The van der Waals surface area contributed by atoms with Crippen molar-refractivity contribution in [3.8, 4) is 11.4 Å². The summed E-state index contributed by atoms with van der Waals surface area (Å²) in [6, 6.07) is 7.22. The monoisotopic (exact) mass is 322 g/mol. The first kappa shape index (κ1) is 14.4. The van der Waals surface area contributed by atoms with Crippen molar-refractivity contribution in [2.75, 3.05) is 13.1 Å². The first-order valence-corrected chi connectivity index (χ1v) is 7.54. The lowest BCUT2D eigenvalue weighted by molar-refractivity contribution is -0.130. The third kappa shape index (κ3) is 2.83. The smallest absolute Gasteiger partial charge is 0.246 e. The molecule has 0 saturated carbocycles. The number of pyridine rings is 1. The van der Waals surface area contributed by atoms with Crippen LogP contribution in [-0.2, 0) is 4.79 Å². The fourth-order valence-corrected chi connectivity index (χ4v) is 2.48. The van der Waals surface area contributed by atoms with Crippen LogP contribution in [0.2, 0.25) is 0 Å². The van der Waals surface area contributed by atoms with Crippen LogP contribution in [0.4, 0.5) is 0 Å². The maximum absolute atomic E-state index is 12.0. The Bertz CT molecular complexity index is 849. The highest BCUT2D eigenvalue weighted by Gasteiger charge is 2.34. The van der Waals surface area contributed by atoms with Gasteiger partial charge in [-0.1, -0.05) is 5.16 Å². The van der Waals surface area contributed by atoms with Crippen LogP contribution in [0.1, 0.15) is 17.6 Å². The second-order valence-electron chi connectivity index (χ2n) is 5.48. The van der Waals surface area contributed by atoms with Crippen molar-refractivity contribution >= 4 is 12.0 Å². The Morgan fingerprint density at radius 1 is 1.25 bits per heavy atom. The zero-order valence-electron chi connectivity index (χ0n) is 12.7. The fraction of sp³-hybridized carbons (Fsp3) is 0.176. The molecule has 4 rings (SSSR count). The number of hydrogen-bond donors (Lipinski definition) is 0. The normalized spacial score (nSPS) is 14.9. The van der Waals surface area contributed by atoms with Gasteiger partial charge < -0.3 is 13.8 Å². The Labute approximate surface area is 137 Å². The molecule has 120 valence electrons. The summed E-state index contributed by atoms with van der Waals surface area (Å²) in [5.74, 6) is 1.76. The van der Waals surface area contributed by atoms with Crippen LogP contribution in [0.15, 0.2) is 57.9 Å². The zero-order valence-corrected chi connectivity index (χ0v) is 12.7. The number of likely N-dealkylation sites (tertiary alicyclic amines) is 1. The van der Waals surface area contributed by atoms with Gasteiger partial charge in [-0.15, -0.1) is 0 Å². The molecule has 1 amide bonds. The minimum absolute atomic E-state index is 0.0588. The number of nitrogens with zero attached hydrogens (tertiary/aromatic N) is 4. The molecule has 0 aromatic carbocycles. The fourth-order valence-electron chi connectivity index (χ4n) is 2.48. The van der Waals surface area contributed by atoms with Crippen LogP contribution in [0.5, 0.6) is 0 Å². The summed E-state index contributed by atoms with van der Waals surface area (Å²) in [4.78, 5) is 22.1. The number of carbonyl (C=O) groups is 1. The molecule has 0 unspecified atom stereocenters. The number of aromatic nitrogens is 3. The Hall–Kier alpha value is -3.22. The van der Waals surface area contributed by atoms with Gasteiger partial charge in [-0.2, -0.15) is 4.98 Å². The maximum Gasteiger partial charge on any atom is 0.246 e. The molecule has 7 nitrogen and oxygen atoms in total. The van der Waals surface area contributed by atoms with E-state index in [0.717, 1.165) is 5.56 Å². The lowest BCUT2D eigenvalue weighted by Gasteiger charge is -2.36. The first-order chi connectivity index (χ1) is 11.8. The van der Waals surface area contributed by atoms with Gasteiger partial charge in [-0.05, 0) is 30.3 Å². The third-order valence-electron chi connectivity index (χ3n) is 3.86. The van der Waals surface area contributed by atoms with Gasteiger partial charge in [0, 0.05) is 37.1 Å². The minimum atomic E-state index is -0.0588. The van der Waals surface area contributed by atoms with Crippen LogP contribution >= 0.6 is 0 Å². The van der Waals surface area contributed by atoms with Crippen LogP contribution in [0, 0.1) is 0 Å². The van der Waals surface area contributed by atoms with Gasteiger partial charge in [0.2, 0.25) is 17.6 Å². The molecule has 1 aliphatic heterocycles. The molecule has 24 heavy (non-hydrogen) atoms. The summed E-state index contributed by atoms with van der Waals surface area (Å²) in [6.07, 6.45) is 8.09. The van der Waals surface area contributed by atoms with Crippen molar-refractivity contribution in [1.29, 1.82) is 0 Å². The number of rotatable bonds is 4. The van der Waals surface area contributed by atoms with Gasteiger partial charge in [-0.3, -0.25) is 9.78 Å². The number of hydrogen-bond acceptors (Lipinski definition) is 6. The molecule has 1 fully saturated rings. The van der Waals surface area contributed by atoms with E-state index in [-0.39, 0.29) is 11.8 Å². The summed E-state index contributed by atoms with van der Waals surface area (Å²) in [7, 11) is 0. The van der Waals surface area contributed by atoms with Gasteiger partial charge in [0.25, 0.3) is 0 Å². The van der Waals surface area contributed by atoms with Crippen LogP contribution in [-0.4, -0.2) is 39.0 Å². The Kier molecular flexibility index (Phi) is 3.66. The Morgan fingerprint density at radius 2 is 2.08 bits per heavy atom. The molecule has 3 aromatic rings. The number of amides is 1. The topological polar surface area (TPSA) is 85.3 Å². The van der Waals surface area contributed by atoms with E-state index in [9.17, 15) is 4.79 Å². The quantitative estimate of drug-likeness (QED) is 0.686. The van der Waals surface area contributed by atoms with Crippen molar-refractivity contribution in [3.63, 3.8) is 0 Å². The van der Waals surface area contributed by atoms with E-state index >= 15 is 0 Å². The molecule has 0 aliphatic carbocycles. The predicted octanol–water partition coefficient (Wildman–Crippen LogP) is 2.36. The molecule has 0 atom stereocenters. The SMILES string of the molecule is O=C(/C=C/c1ccco1)N1CC(c2nc(-c3ccncc3)no2)C1. The van der Waals surface area contributed by atoms with Crippen molar-refractivity contribution in [2.45, 2.75) is 5.92 Å². The van der Waals surface area contributed by atoms with E-state index in [1.54, 1.807) is 41.8 Å². The van der Waals surface area contributed by atoms with E-state index in [2.05, 4.69) is 15.1 Å². The van der Waals surface area contributed by atoms with E-state index in [1.165, 1.54) is 6.08 Å². The second kappa shape index (κ2) is 6.11. The second-order valence-corrected chi connectivity index (χ2v) is 5.48. The molecule has 0 radical (unpaired) electrons. The summed E-state index contributed by atoms with van der Waals surface area (Å²) in [5.41, 5.74) is 0.855.